The summed E-state index contributed by atoms with van der Waals surface area (Å²) in [6, 6.07) is 0. The number of hydrogen-bond acceptors (Lipinski definition) is 4. The minimum absolute atomic E-state index is 0. The van der Waals surface area contributed by atoms with Crippen molar-refractivity contribution in [2.45, 2.75) is 38.2 Å². The van der Waals surface area contributed by atoms with Crippen LogP contribution in [0.25, 0.3) is 0 Å². The third-order valence-electron chi connectivity index (χ3n) is 3.12. The molecule has 5 heteroatoms. The number of esters is 1. The summed E-state index contributed by atoms with van der Waals surface area (Å²) in [5, 5.41) is 9.82. The van der Waals surface area contributed by atoms with Crippen molar-refractivity contribution in [3.05, 3.63) is 0 Å². The molecule has 1 aliphatic carbocycles. The van der Waals surface area contributed by atoms with Crippen molar-refractivity contribution >= 4 is 18.4 Å². The number of likely N-dealkylation sites (N-methyl/N-ethyl adjacent to an activating group) is 1. The summed E-state index contributed by atoms with van der Waals surface area (Å²) in [5.74, 6) is -0.339. The number of ether oxygens (including phenoxy) is 1. The SMILES string of the molecule is CN(C)CCOC(=O)C(O)C1CCCCC1.Cl. The van der Waals surface area contributed by atoms with Crippen molar-refractivity contribution in [2.75, 3.05) is 27.2 Å². The Labute approximate surface area is 110 Å². The number of carbonyl (C=O) groups is 1. The van der Waals surface area contributed by atoms with Gasteiger partial charge in [-0.1, -0.05) is 19.3 Å². The second-order valence-electron chi connectivity index (χ2n) is 4.81. The second-order valence-corrected chi connectivity index (χ2v) is 4.81. The van der Waals surface area contributed by atoms with E-state index >= 15 is 0 Å². The van der Waals surface area contributed by atoms with Crippen LogP contribution in [0.2, 0.25) is 0 Å². The molecule has 0 radical (unpaired) electrons. The number of rotatable bonds is 5. The smallest absolute Gasteiger partial charge is 0.335 e. The Kier molecular flexibility index (Phi) is 8.56. The predicted molar refractivity (Wildman–Crippen MR) is 69.3 cm³/mol. The van der Waals surface area contributed by atoms with E-state index in [0.29, 0.717) is 13.2 Å². The maximum absolute atomic E-state index is 11.5. The van der Waals surface area contributed by atoms with Gasteiger partial charge in [-0.15, -0.1) is 12.4 Å². The van der Waals surface area contributed by atoms with Crippen LogP contribution < -0.4 is 0 Å². The summed E-state index contributed by atoms with van der Waals surface area (Å²) in [4.78, 5) is 13.5. The maximum atomic E-state index is 11.5. The van der Waals surface area contributed by atoms with Gasteiger partial charge in [0.1, 0.15) is 6.61 Å². The highest BCUT2D eigenvalue weighted by Gasteiger charge is 2.28. The van der Waals surface area contributed by atoms with Crippen LogP contribution in [0.15, 0.2) is 0 Å². The first-order chi connectivity index (χ1) is 7.61. The normalized spacial score (nSPS) is 18.6. The van der Waals surface area contributed by atoms with Gasteiger partial charge in [-0.3, -0.25) is 0 Å². The number of nitrogens with zero attached hydrogens (tertiary/aromatic N) is 1. The standard InChI is InChI=1S/C12H23NO3.ClH/c1-13(2)8-9-16-12(15)11(14)10-6-4-3-5-7-10;/h10-11,14H,3-9H2,1-2H3;1H. The predicted octanol–water partition coefficient (Wildman–Crippen LogP) is 1.45. The van der Waals surface area contributed by atoms with Gasteiger partial charge in [0, 0.05) is 6.54 Å². The fraction of sp³-hybridized carbons (Fsp3) is 0.917. The highest BCUT2D eigenvalue weighted by atomic mass is 35.5. The first-order valence-electron chi connectivity index (χ1n) is 6.10. The van der Waals surface area contributed by atoms with Crippen LogP contribution in [-0.2, 0) is 9.53 Å². The molecule has 0 spiro atoms. The number of halogens is 1. The average Bonchev–Trinajstić information content (AvgIpc) is 2.28. The van der Waals surface area contributed by atoms with Gasteiger partial charge in [0.2, 0.25) is 0 Å². The summed E-state index contributed by atoms with van der Waals surface area (Å²) in [6.07, 6.45) is 4.44. The Hall–Kier alpha value is -0.320. The lowest BCUT2D eigenvalue weighted by Gasteiger charge is -2.25. The molecule has 0 amide bonds. The Bertz CT molecular complexity index is 218. The van der Waals surface area contributed by atoms with E-state index in [2.05, 4.69) is 0 Å². The Morgan fingerprint density at radius 3 is 2.47 bits per heavy atom. The van der Waals surface area contributed by atoms with Crippen LogP contribution in [0, 0.1) is 5.92 Å². The molecule has 0 aromatic rings. The molecule has 0 aliphatic heterocycles. The van der Waals surface area contributed by atoms with Crippen molar-refractivity contribution in [3.8, 4) is 0 Å². The molecule has 1 rings (SSSR count). The minimum Gasteiger partial charge on any atom is -0.462 e. The van der Waals surface area contributed by atoms with E-state index in [0.717, 1.165) is 25.7 Å². The molecule has 0 aromatic heterocycles. The second kappa shape index (κ2) is 8.72. The molecule has 0 aromatic carbocycles. The largest absolute Gasteiger partial charge is 0.462 e. The lowest BCUT2D eigenvalue weighted by molar-refractivity contribution is -0.157. The molecule has 4 nitrogen and oxygen atoms in total. The van der Waals surface area contributed by atoms with E-state index in [9.17, 15) is 9.90 Å². The zero-order valence-corrected chi connectivity index (χ0v) is 11.5. The van der Waals surface area contributed by atoms with Gasteiger partial charge in [0.05, 0.1) is 0 Å². The lowest BCUT2D eigenvalue weighted by atomic mass is 9.85. The average molecular weight is 266 g/mol. The molecule has 0 heterocycles. The van der Waals surface area contributed by atoms with Crippen LogP contribution in [0.1, 0.15) is 32.1 Å². The quantitative estimate of drug-likeness (QED) is 0.765. The van der Waals surface area contributed by atoms with Crippen molar-refractivity contribution in [2.24, 2.45) is 5.92 Å². The fourth-order valence-electron chi connectivity index (χ4n) is 2.06. The molecule has 1 atom stereocenters. The van der Waals surface area contributed by atoms with Gasteiger partial charge in [0.15, 0.2) is 6.10 Å². The fourth-order valence-corrected chi connectivity index (χ4v) is 2.06. The van der Waals surface area contributed by atoms with E-state index in [-0.39, 0.29) is 18.3 Å². The third-order valence-corrected chi connectivity index (χ3v) is 3.12. The monoisotopic (exact) mass is 265 g/mol. The van der Waals surface area contributed by atoms with Crippen LogP contribution in [0.5, 0.6) is 0 Å². The van der Waals surface area contributed by atoms with Gasteiger partial charge in [-0.25, -0.2) is 4.79 Å². The Morgan fingerprint density at radius 1 is 1.35 bits per heavy atom. The summed E-state index contributed by atoms with van der Waals surface area (Å²) in [7, 11) is 3.84. The van der Waals surface area contributed by atoms with E-state index in [1.54, 1.807) is 0 Å². The van der Waals surface area contributed by atoms with Gasteiger partial charge in [-0.05, 0) is 32.9 Å². The van der Waals surface area contributed by atoms with Crippen molar-refractivity contribution in [1.29, 1.82) is 0 Å². The van der Waals surface area contributed by atoms with Crippen molar-refractivity contribution in [1.82, 2.24) is 4.90 Å². The molecule has 1 saturated carbocycles. The number of aliphatic hydroxyl groups excluding tert-OH is 1. The lowest BCUT2D eigenvalue weighted by Crippen LogP contribution is -2.34. The molecule has 1 unspecified atom stereocenters. The first-order valence-corrected chi connectivity index (χ1v) is 6.10. The summed E-state index contributed by atoms with van der Waals surface area (Å²) >= 11 is 0. The summed E-state index contributed by atoms with van der Waals surface area (Å²) in [6.45, 7) is 1.05. The zero-order valence-electron chi connectivity index (χ0n) is 10.7. The van der Waals surface area contributed by atoms with Crippen LogP contribution in [0.4, 0.5) is 0 Å². The summed E-state index contributed by atoms with van der Waals surface area (Å²) < 4.78 is 5.04. The zero-order chi connectivity index (χ0) is 12.0. The molecule has 102 valence electrons. The summed E-state index contributed by atoms with van der Waals surface area (Å²) in [5.41, 5.74) is 0. The molecule has 0 saturated heterocycles. The molecular formula is C12H24ClNO3. The molecule has 1 aliphatic rings. The van der Waals surface area contributed by atoms with Gasteiger partial charge >= 0.3 is 5.97 Å². The highest BCUT2D eigenvalue weighted by molar-refractivity contribution is 5.85. The van der Waals surface area contributed by atoms with E-state index in [1.807, 2.05) is 19.0 Å². The number of carbonyl (C=O) groups excluding carboxylic acids is 1. The van der Waals surface area contributed by atoms with Crippen molar-refractivity contribution < 1.29 is 14.6 Å². The van der Waals surface area contributed by atoms with Gasteiger partial charge < -0.3 is 14.7 Å². The van der Waals surface area contributed by atoms with Gasteiger partial charge in [0.25, 0.3) is 0 Å². The molecule has 17 heavy (non-hydrogen) atoms. The molecular weight excluding hydrogens is 242 g/mol. The maximum Gasteiger partial charge on any atom is 0.335 e. The highest BCUT2D eigenvalue weighted by Crippen LogP contribution is 2.26. The Balaban J connectivity index is 0.00000256. The number of hydrogen-bond donors (Lipinski definition) is 1. The first kappa shape index (κ1) is 16.7. The molecule has 0 bridgehead atoms. The topological polar surface area (TPSA) is 49.8 Å². The van der Waals surface area contributed by atoms with Crippen LogP contribution >= 0.6 is 12.4 Å². The molecule has 1 fully saturated rings. The van der Waals surface area contributed by atoms with Crippen LogP contribution in [0.3, 0.4) is 0 Å². The Morgan fingerprint density at radius 2 is 1.94 bits per heavy atom. The van der Waals surface area contributed by atoms with Crippen LogP contribution in [-0.4, -0.2) is 49.3 Å². The van der Waals surface area contributed by atoms with Crippen molar-refractivity contribution in [3.63, 3.8) is 0 Å². The third kappa shape index (κ3) is 6.24. The minimum atomic E-state index is -0.914. The van der Waals surface area contributed by atoms with Gasteiger partial charge in [-0.2, -0.15) is 0 Å². The van der Waals surface area contributed by atoms with E-state index in [1.165, 1.54) is 6.42 Å². The number of aliphatic hydroxyl groups is 1. The van der Waals surface area contributed by atoms with E-state index < -0.39 is 12.1 Å². The molecule has 1 N–H and O–H groups in total. The van der Waals surface area contributed by atoms with E-state index in [4.69, 9.17) is 4.74 Å².